The quantitative estimate of drug-likeness (QED) is 0.427. The van der Waals surface area contributed by atoms with Crippen LogP contribution in [0.15, 0.2) is 31.1 Å². The number of nitrogens with zero attached hydrogens (tertiary/aromatic N) is 2. The number of fused-ring (bicyclic) bond motifs is 2. The van der Waals surface area contributed by atoms with Crippen molar-refractivity contribution in [3.05, 3.63) is 56.0 Å². The summed E-state index contributed by atoms with van der Waals surface area (Å²) in [7, 11) is 0. The molecular weight excluding hydrogens is 370 g/mol. The van der Waals surface area contributed by atoms with Crippen molar-refractivity contribution in [3.63, 3.8) is 0 Å². The van der Waals surface area contributed by atoms with Gasteiger partial charge in [0.1, 0.15) is 10.8 Å². The summed E-state index contributed by atoms with van der Waals surface area (Å²) in [4.78, 5) is 57.1. The fourth-order valence-electron chi connectivity index (χ4n) is 2.73. The van der Waals surface area contributed by atoms with Gasteiger partial charge >= 0.3 is 0 Å². The molecule has 4 N–H and O–H groups in total. The molecule has 11 nitrogen and oxygen atoms in total. The van der Waals surface area contributed by atoms with Crippen LogP contribution >= 0.6 is 0 Å². The van der Waals surface area contributed by atoms with Crippen LogP contribution in [0.25, 0.3) is 22.2 Å². The van der Waals surface area contributed by atoms with Crippen molar-refractivity contribution in [1.82, 2.24) is 19.9 Å². The van der Waals surface area contributed by atoms with Crippen LogP contribution in [0, 0.1) is 13.8 Å². The number of nitrogens with one attached hydrogen (secondary N) is 2. The van der Waals surface area contributed by atoms with E-state index >= 15 is 0 Å². The lowest BCUT2D eigenvalue weighted by Gasteiger charge is -1.87. The van der Waals surface area contributed by atoms with Crippen LogP contribution in [-0.4, -0.2) is 31.6 Å². The van der Waals surface area contributed by atoms with Crippen molar-refractivity contribution >= 4 is 33.9 Å². The van der Waals surface area contributed by atoms with Crippen molar-refractivity contribution in [2.45, 2.75) is 20.8 Å². The first-order valence-electron chi connectivity index (χ1n) is 7.96. The third-order valence-electron chi connectivity index (χ3n) is 4.01. The van der Waals surface area contributed by atoms with E-state index in [0.29, 0.717) is 16.5 Å². The molecule has 4 aromatic rings. The summed E-state index contributed by atoms with van der Waals surface area (Å²) in [6.45, 7) is 4.64. The van der Waals surface area contributed by atoms with Gasteiger partial charge in [0.25, 0.3) is 17.0 Å². The van der Waals surface area contributed by atoms with Crippen LogP contribution < -0.4 is 16.9 Å². The summed E-state index contributed by atoms with van der Waals surface area (Å²) < 4.78 is 10.2. The molecule has 0 aliphatic heterocycles. The van der Waals surface area contributed by atoms with Crippen LogP contribution in [0.4, 0.5) is 0 Å². The van der Waals surface area contributed by atoms with Gasteiger partial charge in [-0.05, 0) is 13.8 Å². The average molecular weight is 385 g/mol. The number of carbonyl (C=O) groups excluding carboxylic acids is 2. The maximum absolute atomic E-state index is 11.4. The van der Waals surface area contributed by atoms with Crippen molar-refractivity contribution in [3.8, 4) is 0 Å². The number of rotatable bonds is 2. The van der Waals surface area contributed by atoms with E-state index in [4.69, 9.17) is 14.6 Å². The molecule has 1 amide bonds. The molecule has 0 saturated carbocycles. The Kier molecular flexibility index (Phi) is 4.65. The molecule has 4 rings (SSSR count). The Morgan fingerprint density at radius 1 is 0.893 bits per heavy atom. The Balaban J connectivity index is 0.000000161. The molecule has 0 aliphatic carbocycles. The summed E-state index contributed by atoms with van der Waals surface area (Å²) in [5.74, 6) is -0.742. The highest BCUT2D eigenvalue weighted by atomic mass is 16.4. The van der Waals surface area contributed by atoms with Crippen LogP contribution in [-0.2, 0) is 0 Å². The van der Waals surface area contributed by atoms with Gasteiger partial charge in [-0.3, -0.25) is 19.2 Å². The van der Waals surface area contributed by atoms with E-state index in [1.54, 1.807) is 13.8 Å². The van der Waals surface area contributed by atoms with E-state index in [1.165, 1.54) is 19.6 Å². The predicted molar refractivity (Wildman–Crippen MR) is 97.3 cm³/mol. The van der Waals surface area contributed by atoms with E-state index in [0.717, 1.165) is 0 Å². The number of furan rings is 2. The van der Waals surface area contributed by atoms with Gasteiger partial charge in [0.05, 0.1) is 12.7 Å². The topological polar surface area (TPSA) is 178 Å². The molecule has 0 aromatic carbocycles. The fraction of sp³-hybridized carbons (Fsp3) is 0.176. The number of hydrogen-bond donors (Lipinski definition) is 3. The second-order valence-electron chi connectivity index (χ2n) is 5.86. The summed E-state index contributed by atoms with van der Waals surface area (Å²) in [6.07, 6.45) is 2.45. The maximum atomic E-state index is 11.4. The lowest BCUT2D eigenvalue weighted by Crippen LogP contribution is -2.11. The second kappa shape index (κ2) is 6.95. The van der Waals surface area contributed by atoms with Crippen molar-refractivity contribution < 1.29 is 18.4 Å². The molecule has 144 valence electrons. The molecule has 4 aromatic heterocycles. The normalized spacial score (nSPS) is 10.7. The third-order valence-corrected chi connectivity index (χ3v) is 4.01. The molecule has 4 heterocycles. The van der Waals surface area contributed by atoms with E-state index in [9.17, 15) is 19.2 Å². The van der Waals surface area contributed by atoms with Gasteiger partial charge in [-0.1, -0.05) is 0 Å². The smallest absolute Gasteiger partial charge is 0.284 e. The number of carbonyl (C=O) groups is 2. The molecule has 0 fully saturated rings. The van der Waals surface area contributed by atoms with Gasteiger partial charge in [0.15, 0.2) is 17.3 Å². The number of aromatic nitrogens is 4. The van der Waals surface area contributed by atoms with Crippen molar-refractivity contribution in [2.75, 3.05) is 0 Å². The zero-order valence-corrected chi connectivity index (χ0v) is 15.1. The van der Waals surface area contributed by atoms with Crippen molar-refractivity contribution in [1.29, 1.82) is 0 Å². The van der Waals surface area contributed by atoms with E-state index in [2.05, 4.69) is 19.9 Å². The third kappa shape index (κ3) is 3.09. The zero-order chi connectivity index (χ0) is 20.6. The first kappa shape index (κ1) is 18.8. The molecule has 0 bridgehead atoms. The van der Waals surface area contributed by atoms with E-state index < -0.39 is 5.91 Å². The number of aromatic amines is 2. The summed E-state index contributed by atoms with van der Waals surface area (Å²) in [6, 6.07) is 0. The Morgan fingerprint density at radius 3 is 1.71 bits per heavy atom. The summed E-state index contributed by atoms with van der Waals surface area (Å²) >= 11 is 0. The number of Topliss-reactive ketones (excluding diaryl/α,β-unsaturated/α-hetero) is 1. The number of H-pyrrole nitrogens is 2. The number of amides is 1. The Morgan fingerprint density at radius 2 is 1.32 bits per heavy atom. The predicted octanol–water partition coefficient (Wildman–Crippen LogP) is 0.951. The highest BCUT2D eigenvalue weighted by Crippen LogP contribution is 2.20. The van der Waals surface area contributed by atoms with Gasteiger partial charge < -0.3 is 24.5 Å². The molecule has 0 radical (unpaired) electrons. The monoisotopic (exact) mass is 385 g/mol. The minimum absolute atomic E-state index is 0.0239. The minimum Gasteiger partial charge on any atom is -0.434 e. The lowest BCUT2D eigenvalue weighted by molar-refractivity contribution is 0.0971. The fourth-order valence-corrected chi connectivity index (χ4v) is 2.73. The molecule has 28 heavy (non-hydrogen) atoms. The summed E-state index contributed by atoms with van der Waals surface area (Å²) in [5.41, 5.74) is 5.72. The highest BCUT2D eigenvalue weighted by molar-refractivity contribution is 5.98. The number of aryl methyl sites for hydroxylation is 2. The number of nitrogens with two attached hydrogens (primary N) is 1. The van der Waals surface area contributed by atoms with Gasteiger partial charge in [-0.2, -0.15) is 0 Å². The molecule has 0 spiro atoms. The Labute approximate surface area is 155 Å². The molecule has 0 saturated heterocycles. The number of hydrogen-bond acceptors (Lipinski definition) is 8. The van der Waals surface area contributed by atoms with Crippen LogP contribution in [0.3, 0.4) is 0 Å². The van der Waals surface area contributed by atoms with Gasteiger partial charge in [-0.15, -0.1) is 0 Å². The van der Waals surface area contributed by atoms with Crippen LogP contribution in [0.1, 0.15) is 39.2 Å². The molecule has 0 aliphatic rings. The largest absolute Gasteiger partial charge is 0.434 e. The maximum Gasteiger partial charge on any atom is 0.284 e. The molecule has 0 atom stereocenters. The number of ketones is 1. The highest BCUT2D eigenvalue weighted by Gasteiger charge is 2.18. The van der Waals surface area contributed by atoms with Crippen molar-refractivity contribution in [2.24, 2.45) is 5.73 Å². The SMILES string of the molecule is CC(=O)c1oc2nc[nH]c(=O)c2c1C.Cc1c(C(N)=O)oc2nc[nH]c(=O)c12. The van der Waals surface area contributed by atoms with Gasteiger partial charge in [0.2, 0.25) is 11.4 Å². The lowest BCUT2D eigenvalue weighted by atomic mass is 10.2. The van der Waals surface area contributed by atoms with E-state index in [1.807, 2.05) is 0 Å². The molecule has 11 heteroatoms. The average Bonchev–Trinajstić information content (AvgIpc) is 3.15. The first-order valence-corrected chi connectivity index (χ1v) is 7.96. The second-order valence-corrected chi connectivity index (χ2v) is 5.86. The first-order chi connectivity index (χ1) is 13.2. The Bertz CT molecular complexity index is 1240. The van der Waals surface area contributed by atoms with Gasteiger partial charge in [0, 0.05) is 18.1 Å². The van der Waals surface area contributed by atoms with Crippen LogP contribution in [0.2, 0.25) is 0 Å². The standard InChI is InChI=1S/C9H8N2O3.C8H7N3O3/c1-4-6-8(13)10-3-11-9(6)14-7(4)5(2)12;1-3-4-7(13)10-2-11-8(4)14-5(3)6(9)12/h3H,1-2H3,(H,10,11,13);2H,1H3,(H2,9,12)(H,10,11,13). The number of primary amides is 1. The minimum atomic E-state index is -0.708. The zero-order valence-electron chi connectivity index (χ0n) is 15.1. The Hall–Kier alpha value is -4.02. The van der Waals surface area contributed by atoms with Gasteiger partial charge in [-0.25, -0.2) is 9.97 Å². The molecule has 0 unspecified atom stereocenters. The van der Waals surface area contributed by atoms with E-state index in [-0.39, 0.29) is 45.2 Å². The van der Waals surface area contributed by atoms with Crippen LogP contribution in [0.5, 0.6) is 0 Å². The molecular formula is C17H15N5O6. The summed E-state index contributed by atoms with van der Waals surface area (Å²) in [5, 5.41) is 0.610.